The van der Waals surface area contributed by atoms with E-state index in [0.717, 1.165) is 17.8 Å². The van der Waals surface area contributed by atoms with E-state index in [-0.39, 0.29) is 12.2 Å². The lowest BCUT2D eigenvalue weighted by Gasteiger charge is -2.37. The van der Waals surface area contributed by atoms with Crippen LogP contribution in [0, 0.1) is 0 Å². The average Bonchev–Trinajstić information content (AvgIpc) is 3.38. The van der Waals surface area contributed by atoms with Crippen LogP contribution in [0.4, 0.5) is 19.1 Å². The molecule has 3 aromatic rings. The number of hydrogen-bond donors (Lipinski definition) is 0. The van der Waals surface area contributed by atoms with E-state index >= 15 is 0 Å². The van der Waals surface area contributed by atoms with Crippen LogP contribution in [-0.4, -0.2) is 57.4 Å². The van der Waals surface area contributed by atoms with E-state index in [1.807, 2.05) is 25.0 Å². The van der Waals surface area contributed by atoms with Gasteiger partial charge in [-0.25, -0.2) is 15.0 Å². The summed E-state index contributed by atoms with van der Waals surface area (Å²) in [6.07, 6.45) is 1.42. The maximum Gasteiger partial charge on any atom is 0.417 e. The number of nitrogens with zero attached hydrogens (tertiary/aromatic N) is 6. The molecule has 0 aliphatic carbocycles. The molecule has 0 unspecified atom stereocenters. The maximum absolute atomic E-state index is 13.2. The van der Waals surface area contributed by atoms with Gasteiger partial charge in [0.25, 0.3) is 0 Å². The largest absolute Gasteiger partial charge is 0.417 e. The maximum atomic E-state index is 13.2. The van der Waals surface area contributed by atoms with Crippen LogP contribution in [0.5, 0.6) is 0 Å². The number of anilines is 1. The summed E-state index contributed by atoms with van der Waals surface area (Å²) in [5, 5.41) is 0. The fourth-order valence-corrected chi connectivity index (χ4v) is 4.11. The third-order valence-corrected chi connectivity index (χ3v) is 5.68. The first-order valence-electron chi connectivity index (χ1n) is 10.3. The van der Waals surface area contributed by atoms with E-state index in [1.165, 1.54) is 22.2 Å². The first kappa shape index (κ1) is 20.6. The molecule has 1 fully saturated rings. The van der Waals surface area contributed by atoms with E-state index in [1.54, 1.807) is 12.3 Å². The van der Waals surface area contributed by atoms with Gasteiger partial charge in [-0.3, -0.25) is 9.39 Å². The molecule has 0 spiro atoms. The van der Waals surface area contributed by atoms with Gasteiger partial charge in [0.2, 0.25) is 5.95 Å². The molecule has 32 heavy (non-hydrogen) atoms. The van der Waals surface area contributed by atoms with Crippen molar-refractivity contribution in [1.29, 1.82) is 0 Å². The van der Waals surface area contributed by atoms with Gasteiger partial charge in [-0.15, -0.1) is 0 Å². The van der Waals surface area contributed by atoms with Crippen molar-refractivity contribution in [1.82, 2.24) is 19.4 Å². The number of alkyl halides is 3. The second-order valence-electron chi connectivity index (χ2n) is 8.07. The lowest BCUT2D eigenvalue weighted by molar-refractivity contribution is -0.137. The van der Waals surface area contributed by atoms with Crippen molar-refractivity contribution in [2.24, 2.45) is 4.99 Å². The molecule has 10 heteroatoms. The highest BCUT2D eigenvalue weighted by Crippen LogP contribution is 2.31. The third-order valence-electron chi connectivity index (χ3n) is 5.68. The highest BCUT2D eigenvalue weighted by molar-refractivity contribution is 5.84. The van der Waals surface area contributed by atoms with Gasteiger partial charge in [0.1, 0.15) is 11.8 Å². The van der Waals surface area contributed by atoms with Crippen LogP contribution in [0.15, 0.2) is 52.9 Å². The van der Waals surface area contributed by atoms with Gasteiger partial charge in [0.05, 0.1) is 42.3 Å². The zero-order valence-corrected chi connectivity index (χ0v) is 17.5. The minimum absolute atomic E-state index is 0.0413. The number of aromatic nitrogens is 4. The predicted molar refractivity (Wildman–Crippen MR) is 114 cm³/mol. The molecule has 7 nitrogen and oxygen atoms in total. The number of rotatable bonds is 3. The highest BCUT2D eigenvalue weighted by Gasteiger charge is 2.32. The van der Waals surface area contributed by atoms with Crippen molar-refractivity contribution in [2.45, 2.75) is 32.2 Å². The van der Waals surface area contributed by atoms with Gasteiger partial charge in [-0.05, 0) is 37.6 Å². The molecule has 5 heterocycles. The molecule has 2 aliphatic heterocycles. The van der Waals surface area contributed by atoms with E-state index in [9.17, 15) is 13.2 Å². The van der Waals surface area contributed by atoms with Crippen molar-refractivity contribution in [3.8, 4) is 11.4 Å². The number of ether oxygens (including phenoxy) is 1. The average molecular weight is 442 g/mol. The summed E-state index contributed by atoms with van der Waals surface area (Å²) >= 11 is 0. The Morgan fingerprint density at radius 1 is 1.12 bits per heavy atom. The number of fused-ring (bicyclic) bond motifs is 1. The van der Waals surface area contributed by atoms with E-state index in [0.29, 0.717) is 42.6 Å². The first-order chi connectivity index (χ1) is 15.3. The molecular formula is C22H21F3N6O. The van der Waals surface area contributed by atoms with Crippen LogP contribution in [0.25, 0.3) is 17.0 Å². The van der Waals surface area contributed by atoms with Crippen LogP contribution < -0.4 is 4.90 Å². The molecule has 1 saturated heterocycles. The van der Waals surface area contributed by atoms with Crippen LogP contribution in [0.3, 0.4) is 0 Å². The van der Waals surface area contributed by atoms with Crippen LogP contribution in [0.2, 0.25) is 0 Å². The molecular weight excluding hydrogens is 421 g/mol. The zero-order valence-electron chi connectivity index (χ0n) is 17.5. The second-order valence-corrected chi connectivity index (χ2v) is 8.07. The fourth-order valence-electron chi connectivity index (χ4n) is 4.11. The number of hydrogen-bond acceptors (Lipinski definition) is 6. The summed E-state index contributed by atoms with van der Waals surface area (Å²) in [7, 11) is 0. The SMILES string of the molecule is CC1=C([C@H]2CN(c3nccc(-c4cnc5ccc(C(F)(F)F)cn45)n3)C[C@@H](C)O2)C=NC1. The Morgan fingerprint density at radius 3 is 2.72 bits per heavy atom. The highest BCUT2D eigenvalue weighted by atomic mass is 19.4. The minimum Gasteiger partial charge on any atom is -0.367 e. The molecule has 2 aliphatic rings. The Kier molecular flexibility index (Phi) is 4.96. The lowest BCUT2D eigenvalue weighted by atomic mass is 10.0. The van der Waals surface area contributed by atoms with Gasteiger partial charge in [0, 0.05) is 30.7 Å². The molecule has 0 amide bonds. The van der Waals surface area contributed by atoms with Gasteiger partial charge in [-0.1, -0.05) is 0 Å². The second kappa shape index (κ2) is 7.70. The summed E-state index contributed by atoms with van der Waals surface area (Å²) < 4.78 is 47.1. The molecule has 0 aromatic carbocycles. The quantitative estimate of drug-likeness (QED) is 0.617. The molecule has 166 valence electrons. The van der Waals surface area contributed by atoms with Gasteiger partial charge in [0.15, 0.2) is 0 Å². The standard InChI is InChI=1S/C22H21F3N6O/c1-13-7-26-8-16(13)19-12-30(10-14(2)32-19)21-27-6-5-17(29-21)18-9-28-20-4-3-15(11-31(18)20)22(23,24)25/h3-6,8-9,11,14,19H,7,10,12H2,1-2H3/t14-,19-/m1/s1. The van der Waals surface area contributed by atoms with Crippen molar-refractivity contribution in [3.63, 3.8) is 0 Å². The van der Waals surface area contributed by atoms with E-state index in [2.05, 4.69) is 19.9 Å². The van der Waals surface area contributed by atoms with Gasteiger partial charge in [-0.2, -0.15) is 13.2 Å². The molecule has 0 radical (unpaired) electrons. The monoisotopic (exact) mass is 442 g/mol. The summed E-state index contributed by atoms with van der Waals surface area (Å²) in [6.45, 7) is 5.90. The van der Waals surface area contributed by atoms with Crippen molar-refractivity contribution in [2.75, 3.05) is 24.5 Å². The third kappa shape index (κ3) is 3.75. The molecule has 0 saturated carbocycles. The van der Waals surface area contributed by atoms with Crippen LogP contribution in [-0.2, 0) is 10.9 Å². The number of pyridine rings is 1. The Hall–Kier alpha value is -3.27. The number of imidazole rings is 1. The van der Waals surface area contributed by atoms with Crippen molar-refractivity contribution < 1.29 is 17.9 Å². The Labute approximate surface area is 182 Å². The van der Waals surface area contributed by atoms with Gasteiger partial charge >= 0.3 is 6.18 Å². The van der Waals surface area contributed by atoms with Crippen molar-refractivity contribution >= 4 is 17.8 Å². The zero-order chi connectivity index (χ0) is 22.5. The molecule has 5 rings (SSSR count). The van der Waals surface area contributed by atoms with E-state index < -0.39 is 11.7 Å². The molecule has 2 atom stereocenters. The normalized spacial score (nSPS) is 21.7. The van der Waals surface area contributed by atoms with Crippen molar-refractivity contribution in [3.05, 3.63) is 53.5 Å². The molecule has 0 N–H and O–H groups in total. The predicted octanol–water partition coefficient (Wildman–Crippen LogP) is 3.80. The minimum atomic E-state index is -4.44. The summed E-state index contributed by atoms with van der Waals surface area (Å²) in [5.74, 6) is 0.498. The topological polar surface area (TPSA) is 67.9 Å². The number of aliphatic imine (C=N–C) groups is 1. The first-order valence-corrected chi connectivity index (χ1v) is 10.3. The lowest BCUT2D eigenvalue weighted by Crippen LogP contribution is -2.48. The molecule has 3 aromatic heterocycles. The summed E-state index contributed by atoms with van der Waals surface area (Å²) in [4.78, 5) is 19.7. The molecule has 0 bridgehead atoms. The fraction of sp³-hybridized carbons (Fsp3) is 0.364. The smallest absolute Gasteiger partial charge is 0.367 e. The Morgan fingerprint density at radius 2 is 1.97 bits per heavy atom. The van der Waals surface area contributed by atoms with Crippen LogP contribution >= 0.6 is 0 Å². The summed E-state index contributed by atoms with van der Waals surface area (Å²) in [5.41, 5.74) is 2.90. The van der Waals surface area contributed by atoms with E-state index in [4.69, 9.17) is 4.74 Å². The Balaban J connectivity index is 1.49. The Bertz CT molecular complexity index is 1230. The summed E-state index contributed by atoms with van der Waals surface area (Å²) in [6, 6.07) is 4.04. The number of halogens is 3. The van der Waals surface area contributed by atoms with Gasteiger partial charge < -0.3 is 9.64 Å². The number of morpholine rings is 1. The van der Waals surface area contributed by atoms with Crippen LogP contribution in [0.1, 0.15) is 19.4 Å².